The van der Waals surface area contributed by atoms with E-state index in [4.69, 9.17) is 9.84 Å². The number of rotatable bonds is 6. The van der Waals surface area contributed by atoms with E-state index in [-0.39, 0.29) is 5.41 Å². The molecule has 1 fully saturated rings. The standard InChI is InChI=1S/C13H24N2O4/c1-3-4-10(11(16)17)15-12(18)14-9-13(2)5-7-19-8-6-13/h10H,3-9H2,1-2H3,(H,16,17)(H2,14,15,18)/t10-/m1/s1. The molecule has 110 valence electrons. The summed E-state index contributed by atoms with van der Waals surface area (Å²) < 4.78 is 5.29. The van der Waals surface area contributed by atoms with Gasteiger partial charge in [0.15, 0.2) is 0 Å². The topological polar surface area (TPSA) is 87.7 Å². The lowest BCUT2D eigenvalue weighted by molar-refractivity contribution is -0.139. The Morgan fingerprint density at radius 3 is 2.53 bits per heavy atom. The van der Waals surface area contributed by atoms with Crippen molar-refractivity contribution in [2.45, 2.75) is 45.6 Å². The lowest BCUT2D eigenvalue weighted by Gasteiger charge is -2.33. The van der Waals surface area contributed by atoms with Gasteiger partial charge in [0, 0.05) is 19.8 Å². The highest BCUT2D eigenvalue weighted by Gasteiger charge is 2.28. The fourth-order valence-corrected chi connectivity index (χ4v) is 2.09. The van der Waals surface area contributed by atoms with Crippen molar-refractivity contribution in [3.8, 4) is 0 Å². The molecular formula is C13H24N2O4. The Bertz CT molecular complexity index is 314. The summed E-state index contributed by atoms with van der Waals surface area (Å²) in [5, 5.41) is 14.2. The zero-order valence-electron chi connectivity index (χ0n) is 11.7. The van der Waals surface area contributed by atoms with Gasteiger partial charge in [-0.25, -0.2) is 9.59 Å². The number of ether oxygens (including phenoxy) is 1. The summed E-state index contributed by atoms with van der Waals surface area (Å²) in [5.74, 6) is -0.991. The molecule has 2 amide bonds. The smallest absolute Gasteiger partial charge is 0.326 e. The van der Waals surface area contributed by atoms with E-state index in [1.807, 2.05) is 6.92 Å². The van der Waals surface area contributed by atoms with Crippen LogP contribution in [0.3, 0.4) is 0 Å². The summed E-state index contributed by atoms with van der Waals surface area (Å²) in [7, 11) is 0. The highest BCUT2D eigenvalue weighted by molar-refractivity contribution is 5.82. The number of carbonyl (C=O) groups excluding carboxylic acids is 1. The van der Waals surface area contributed by atoms with Gasteiger partial charge in [-0.15, -0.1) is 0 Å². The average molecular weight is 272 g/mol. The van der Waals surface area contributed by atoms with E-state index in [0.717, 1.165) is 12.8 Å². The normalized spacial score (nSPS) is 19.5. The lowest BCUT2D eigenvalue weighted by Crippen LogP contribution is -2.49. The Morgan fingerprint density at radius 1 is 1.37 bits per heavy atom. The zero-order valence-corrected chi connectivity index (χ0v) is 11.7. The van der Waals surface area contributed by atoms with E-state index in [2.05, 4.69) is 17.6 Å². The van der Waals surface area contributed by atoms with Gasteiger partial charge in [0.2, 0.25) is 0 Å². The fraction of sp³-hybridized carbons (Fsp3) is 0.846. The van der Waals surface area contributed by atoms with E-state index in [0.29, 0.717) is 32.6 Å². The van der Waals surface area contributed by atoms with Crippen LogP contribution in [0.4, 0.5) is 4.79 Å². The minimum Gasteiger partial charge on any atom is -0.480 e. The predicted octanol–water partition coefficient (Wildman–Crippen LogP) is 1.36. The Labute approximate surface area is 113 Å². The number of urea groups is 1. The van der Waals surface area contributed by atoms with E-state index in [1.54, 1.807) is 0 Å². The van der Waals surface area contributed by atoms with Crippen molar-refractivity contribution in [1.29, 1.82) is 0 Å². The molecule has 3 N–H and O–H groups in total. The molecule has 1 rings (SSSR count). The molecule has 0 aromatic carbocycles. The Balaban J connectivity index is 2.35. The number of carboxylic acid groups (broad SMARTS) is 1. The SMILES string of the molecule is CCC[C@@H](NC(=O)NCC1(C)CCOCC1)C(=O)O. The van der Waals surface area contributed by atoms with Crippen LogP contribution in [0.25, 0.3) is 0 Å². The van der Waals surface area contributed by atoms with Gasteiger partial charge in [-0.05, 0) is 24.7 Å². The minimum atomic E-state index is -0.991. The molecule has 0 unspecified atom stereocenters. The number of amides is 2. The van der Waals surface area contributed by atoms with Crippen LogP contribution in [0.1, 0.15) is 39.5 Å². The van der Waals surface area contributed by atoms with Crippen molar-refractivity contribution < 1.29 is 19.4 Å². The molecule has 6 nitrogen and oxygen atoms in total. The van der Waals surface area contributed by atoms with E-state index in [1.165, 1.54) is 0 Å². The summed E-state index contributed by atoms with van der Waals surface area (Å²) in [6, 6.07) is -1.22. The van der Waals surface area contributed by atoms with Crippen LogP contribution in [0.2, 0.25) is 0 Å². The third-order valence-electron chi connectivity index (χ3n) is 3.56. The van der Waals surface area contributed by atoms with Crippen molar-refractivity contribution in [2.75, 3.05) is 19.8 Å². The average Bonchev–Trinajstić information content (AvgIpc) is 2.37. The summed E-state index contributed by atoms with van der Waals surface area (Å²) in [6.07, 6.45) is 2.97. The van der Waals surface area contributed by atoms with Crippen LogP contribution in [0.15, 0.2) is 0 Å². The number of aliphatic carboxylic acids is 1. The molecule has 0 spiro atoms. The number of hydrogen-bond acceptors (Lipinski definition) is 3. The Kier molecular flexibility index (Phi) is 6.08. The molecule has 1 aliphatic heterocycles. The second kappa shape index (κ2) is 7.33. The van der Waals surface area contributed by atoms with Gasteiger partial charge in [0.25, 0.3) is 0 Å². The lowest BCUT2D eigenvalue weighted by atomic mass is 9.82. The molecule has 0 aromatic heterocycles. The first-order valence-electron chi connectivity index (χ1n) is 6.82. The number of hydrogen-bond donors (Lipinski definition) is 3. The molecule has 1 saturated heterocycles. The van der Waals surface area contributed by atoms with Crippen molar-refractivity contribution in [3.63, 3.8) is 0 Å². The molecular weight excluding hydrogens is 248 g/mol. The van der Waals surface area contributed by atoms with Crippen molar-refractivity contribution in [3.05, 3.63) is 0 Å². The maximum absolute atomic E-state index is 11.7. The van der Waals surface area contributed by atoms with Crippen molar-refractivity contribution in [2.24, 2.45) is 5.41 Å². The first-order valence-corrected chi connectivity index (χ1v) is 6.82. The van der Waals surface area contributed by atoms with Crippen molar-refractivity contribution >= 4 is 12.0 Å². The first-order chi connectivity index (χ1) is 8.97. The van der Waals surface area contributed by atoms with Crippen LogP contribution < -0.4 is 10.6 Å². The monoisotopic (exact) mass is 272 g/mol. The molecule has 1 atom stereocenters. The molecule has 0 aliphatic carbocycles. The van der Waals surface area contributed by atoms with E-state index in [9.17, 15) is 9.59 Å². The summed E-state index contributed by atoms with van der Waals surface area (Å²) >= 11 is 0. The van der Waals surface area contributed by atoms with Crippen LogP contribution >= 0.6 is 0 Å². The van der Waals surface area contributed by atoms with Gasteiger partial charge in [-0.1, -0.05) is 20.3 Å². The second-order valence-electron chi connectivity index (χ2n) is 5.43. The molecule has 1 heterocycles. The molecule has 6 heteroatoms. The van der Waals surface area contributed by atoms with Crippen LogP contribution in [-0.4, -0.2) is 42.9 Å². The van der Waals surface area contributed by atoms with E-state index < -0.39 is 18.0 Å². The number of carbonyl (C=O) groups is 2. The number of nitrogens with one attached hydrogen (secondary N) is 2. The maximum atomic E-state index is 11.7. The van der Waals surface area contributed by atoms with Gasteiger partial charge >= 0.3 is 12.0 Å². The molecule has 0 saturated carbocycles. The fourth-order valence-electron chi connectivity index (χ4n) is 2.09. The molecule has 19 heavy (non-hydrogen) atoms. The summed E-state index contributed by atoms with van der Waals surface area (Å²) in [4.78, 5) is 22.6. The Morgan fingerprint density at radius 2 is 2.00 bits per heavy atom. The van der Waals surface area contributed by atoms with Crippen LogP contribution in [-0.2, 0) is 9.53 Å². The first kappa shape index (κ1) is 15.8. The van der Waals surface area contributed by atoms with Gasteiger partial charge in [0.1, 0.15) is 6.04 Å². The predicted molar refractivity (Wildman–Crippen MR) is 71.0 cm³/mol. The van der Waals surface area contributed by atoms with Gasteiger partial charge < -0.3 is 20.5 Å². The maximum Gasteiger partial charge on any atom is 0.326 e. The van der Waals surface area contributed by atoms with Gasteiger partial charge in [-0.3, -0.25) is 0 Å². The number of carboxylic acids is 1. The van der Waals surface area contributed by atoms with E-state index >= 15 is 0 Å². The molecule has 0 aromatic rings. The highest BCUT2D eigenvalue weighted by atomic mass is 16.5. The van der Waals surface area contributed by atoms with Crippen molar-refractivity contribution in [1.82, 2.24) is 10.6 Å². The molecule has 1 aliphatic rings. The third kappa shape index (κ3) is 5.46. The molecule has 0 bridgehead atoms. The largest absolute Gasteiger partial charge is 0.480 e. The quantitative estimate of drug-likeness (QED) is 0.681. The third-order valence-corrected chi connectivity index (χ3v) is 3.56. The Hall–Kier alpha value is -1.30. The second-order valence-corrected chi connectivity index (χ2v) is 5.43. The molecule has 0 radical (unpaired) electrons. The van der Waals surface area contributed by atoms with Crippen LogP contribution in [0.5, 0.6) is 0 Å². The highest BCUT2D eigenvalue weighted by Crippen LogP contribution is 2.28. The summed E-state index contributed by atoms with van der Waals surface area (Å²) in [5.41, 5.74) is 0.0407. The zero-order chi connectivity index (χ0) is 14.3. The minimum absolute atomic E-state index is 0.0407. The van der Waals surface area contributed by atoms with Gasteiger partial charge in [-0.2, -0.15) is 0 Å². The van der Waals surface area contributed by atoms with Crippen LogP contribution in [0, 0.1) is 5.41 Å². The summed E-state index contributed by atoms with van der Waals surface area (Å²) in [6.45, 7) is 5.97. The van der Waals surface area contributed by atoms with Gasteiger partial charge in [0.05, 0.1) is 0 Å².